The van der Waals surface area contributed by atoms with Crippen LogP contribution in [-0.2, 0) is 9.59 Å². The monoisotopic (exact) mass is 267 g/mol. The number of hydrogen-bond acceptors (Lipinski definition) is 2. The molecule has 1 aliphatic rings. The zero-order chi connectivity index (χ0) is 14.0. The van der Waals surface area contributed by atoms with Gasteiger partial charge in [0.25, 0.3) is 0 Å². The molecule has 7 heteroatoms. The maximum atomic E-state index is 12.5. The predicted octanol–water partition coefficient (Wildman–Crippen LogP) is 2.04. The normalized spacial score (nSPS) is 28.8. The standard InChI is InChI=1S/C11H16F3NO3/c1-2-15(7-16)10(9(17)18)5-3-8(4-6-10)11(12,13)14/h7-8H,2-6H2,1H3,(H,17,18). The molecule has 1 saturated carbocycles. The van der Waals surface area contributed by atoms with Crippen LogP contribution in [0.4, 0.5) is 13.2 Å². The second-order valence-electron chi connectivity index (χ2n) is 4.54. The maximum Gasteiger partial charge on any atom is 0.391 e. The fraction of sp³-hybridized carbons (Fsp3) is 0.818. The number of carbonyl (C=O) groups is 2. The molecule has 4 nitrogen and oxygen atoms in total. The third-order valence-corrected chi connectivity index (χ3v) is 3.69. The van der Waals surface area contributed by atoms with Crippen molar-refractivity contribution in [1.82, 2.24) is 4.90 Å². The number of halogens is 3. The van der Waals surface area contributed by atoms with Crippen LogP contribution in [0.1, 0.15) is 32.6 Å². The highest BCUT2D eigenvalue weighted by molar-refractivity contribution is 5.81. The lowest BCUT2D eigenvalue weighted by Gasteiger charge is -2.43. The Labute approximate surface area is 103 Å². The number of aliphatic carboxylic acids is 1. The Morgan fingerprint density at radius 2 is 1.94 bits per heavy atom. The molecule has 0 unspecified atom stereocenters. The Balaban J connectivity index is 2.87. The fourth-order valence-corrected chi connectivity index (χ4v) is 2.52. The number of rotatable bonds is 4. The van der Waals surface area contributed by atoms with E-state index in [2.05, 4.69) is 0 Å². The Morgan fingerprint density at radius 1 is 1.44 bits per heavy atom. The molecule has 1 N–H and O–H groups in total. The first-order valence-corrected chi connectivity index (χ1v) is 5.80. The zero-order valence-electron chi connectivity index (χ0n) is 10.0. The van der Waals surface area contributed by atoms with Crippen molar-refractivity contribution in [2.45, 2.75) is 44.3 Å². The van der Waals surface area contributed by atoms with E-state index in [-0.39, 0.29) is 32.2 Å². The number of likely N-dealkylation sites (N-methyl/N-ethyl adjacent to an activating group) is 1. The molecule has 0 bridgehead atoms. The smallest absolute Gasteiger partial charge is 0.391 e. The van der Waals surface area contributed by atoms with Gasteiger partial charge in [0, 0.05) is 6.54 Å². The summed E-state index contributed by atoms with van der Waals surface area (Å²) < 4.78 is 37.6. The molecule has 0 aromatic heterocycles. The minimum Gasteiger partial charge on any atom is -0.479 e. The Morgan fingerprint density at radius 3 is 2.22 bits per heavy atom. The van der Waals surface area contributed by atoms with Gasteiger partial charge in [0.15, 0.2) is 0 Å². The van der Waals surface area contributed by atoms with Gasteiger partial charge in [-0.1, -0.05) is 0 Å². The van der Waals surface area contributed by atoms with Crippen molar-refractivity contribution in [3.05, 3.63) is 0 Å². The van der Waals surface area contributed by atoms with E-state index in [1.807, 2.05) is 0 Å². The molecule has 104 valence electrons. The fourth-order valence-electron chi connectivity index (χ4n) is 2.52. The summed E-state index contributed by atoms with van der Waals surface area (Å²) in [5.41, 5.74) is -1.47. The molecule has 1 fully saturated rings. The highest BCUT2D eigenvalue weighted by Crippen LogP contribution is 2.43. The van der Waals surface area contributed by atoms with E-state index in [9.17, 15) is 27.9 Å². The lowest BCUT2D eigenvalue weighted by Crippen LogP contribution is -2.56. The van der Waals surface area contributed by atoms with Crippen LogP contribution in [-0.4, -0.2) is 40.6 Å². The number of amides is 1. The number of carbonyl (C=O) groups excluding carboxylic acids is 1. The van der Waals surface area contributed by atoms with Crippen LogP contribution in [0.25, 0.3) is 0 Å². The van der Waals surface area contributed by atoms with Crippen molar-refractivity contribution in [1.29, 1.82) is 0 Å². The van der Waals surface area contributed by atoms with Gasteiger partial charge in [0.05, 0.1) is 5.92 Å². The summed E-state index contributed by atoms with van der Waals surface area (Å²) in [6.45, 7) is 1.78. The van der Waals surface area contributed by atoms with E-state index in [4.69, 9.17) is 0 Å². The average molecular weight is 267 g/mol. The second kappa shape index (κ2) is 5.16. The van der Waals surface area contributed by atoms with Gasteiger partial charge in [-0.15, -0.1) is 0 Å². The van der Waals surface area contributed by atoms with Crippen LogP contribution in [0.5, 0.6) is 0 Å². The molecule has 1 amide bonds. The van der Waals surface area contributed by atoms with Crippen molar-refractivity contribution >= 4 is 12.4 Å². The summed E-state index contributed by atoms with van der Waals surface area (Å²) in [5.74, 6) is -2.69. The van der Waals surface area contributed by atoms with Gasteiger partial charge in [0.1, 0.15) is 5.54 Å². The van der Waals surface area contributed by atoms with Crippen molar-refractivity contribution in [2.75, 3.05) is 6.54 Å². The number of carboxylic acid groups (broad SMARTS) is 1. The Hall–Kier alpha value is -1.27. The number of hydrogen-bond donors (Lipinski definition) is 1. The van der Waals surface area contributed by atoms with Gasteiger partial charge >= 0.3 is 12.1 Å². The van der Waals surface area contributed by atoms with E-state index in [0.29, 0.717) is 6.41 Å². The minimum absolute atomic E-state index is 0.154. The molecule has 0 radical (unpaired) electrons. The minimum atomic E-state index is -4.29. The van der Waals surface area contributed by atoms with Gasteiger partial charge in [-0.05, 0) is 32.6 Å². The topological polar surface area (TPSA) is 57.6 Å². The first-order chi connectivity index (χ1) is 8.28. The van der Waals surface area contributed by atoms with Crippen LogP contribution in [0.2, 0.25) is 0 Å². The van der Waals surface area contributed by atoms with Crippen molar-refractivity contribution in [3.63, 3.8) is 0 Å². The average Bonchev–Trinajstić information content (AvgIpc) is 2.29. The van der Waals surface area contributed by atoms with Gasteiger partial charge < -0.3 is 10.0 Å². The molecule has 0 aliphatic heterocycles. The molecular weight excluding hydrogens is 251 g/mol. The van der Waals surface area contributed by atoms with Crippen LogP contribution in [0.3, 0.4) is 0 Å². The van der Waals surface area contributed by atoms with E-state index in [1.54, 1.807) is 6.92 Å². The van der Waals surface area contributed by atoms with Gasteiger partial charge in [-0.2, -0.15) is 13.2 Å². The second-order valence-corrected chi connectivity index (χ2v) is 4.54. The first-order valence-electron chi connectivity index (χ1n) is 5.80. The van der Waals surface area contributed by atoms with Crippen LogP contribution >= 0.6 is 0 Å². The quantitative estimate of drug-likeness (QED) is 0.793. The molecule has 0 atom stereocenters. The van der Waals surface area contributed by atoms with Crippen LogP contribution < -0.4 is 0 Å². The summed E-state index contributed by atoms with van der Waals surface area (Å²) in [5, 5.41) is 9.23. The van der Waals surface area contributed by atoms with Crippen LogP contribution in [0.15, 0.2) is 0 Å². The van der Waals surface area contributed by atoms with Crippen molar-refractivity contribution in [2.24, 2.45) is 5.92 Å². The molecule has 0 aromatic carbocycles. The van der Waals surface area contributed by atoms with Gasteiger partial charge in [-0.3, -0.25) is 4.79 Å². The number of nitrogens with zero attached hydrogens (tertiary/aromatic N) is 1. The highest BCUT2D eigenvalue weighted by Gasteiger charge is 2.51. The van der Waals surface area contributed by atoms with Crippen LogP contribution in [0, 0.1) is 5.92 Å². The maximum absolute atomic E-state index is 12.5. The van der Waals surface area contributed by atoms with Crippen molar-refractivity contribution in [3.8, 4) is 0 Å². The van der Waals surface area contributed by atoms with E-state index < -0.39 is 23.6 Å². The summed E-state index contributed by atoms with van der Waals surface area (Å²) >= 11 is 0. The lowest BCUT2D eigenvalue weighted by molar-refractivity contribution is -0.192. The number of carboxylic acids is 1. The summed E-state index contributed by atoms with van der Waals surface area (Å²) in [6, 6.07) is 0. The lowest BCUT2D eigenvalue weighted by atomic mass is 9.75. The summed E-state index contributed by atoms with van der Waals surface area (Å²) in [4.78, 5) is 23.3. The van der Waals surface area contributed by atoms with E-state index in [1.165, 1.54) is 0 Å². The predicted molar refractivity (Wildman–Crippen MR) is 56.8 cm³/mol. The molecule has 1 rings (SSSR count). The molecular formula is C11H16F3NO3. The van der Waals surface area contributed by atoms with Gasteiger partial charge in [-0.25, -0.2) is 4.79 Å². The summed E-state index contributed by atoms with van der Waals surface area (Å²) in [6.07, 6.45) is -4.69. The largest absolute Gasteiger partial charge is 0.479 e. The third-order valence-electron chi connectivity index (χ3n) is 3.69. The first kappa shape index (κ1) is 14.8. The molecule has 0 saturated heterocycles. The summed E-state index contributed by atoms with van der Waals surface area (Å²) in [7, 11) is 0. The SMILES string of the molecule is CCN(C=O)C1(C(=O)O)CCC(C(F)(F)F)CC1. The highest BCUT2D eigenvalue weighted by atomic mass is 19.4. The van der Waals surface area contributed by atoms with E-state index in [0.717, 1.165) is 4.90 Å². The Kier molecular flexibility index (Phi) is 4.24. The Bertz CT molecular complexity index is 322. The molecule has 1 aliphatic carbocycles. The number of alkyl halides is 3. The van der Waals surface area contributed by atoms with Crippen molar-refractivity contribution < 1.29 is 27.9 Å². The van der Waals surface area contributed by atoms with Gasteiger partial charge in [0.2, 0.25) is 6.41 Å². The molecule has 0 spiro atoms. The van der Waals surface area contributed by atoms with E-state index >= 15 is 0 Å². The molecule has 0 aromatic rings. The zero-order valence-corrected chi connectivity index (χ0v) is 10.0. The molecule has 18 heavy (non-hydrogen) atoms. The third kappa shape index (κ3) is 2.59. The molecule has 0 heterocycles.